The van der Waals surface area contributed by atoms with E-state index in [0.717, 1.165) is 22.6 Å². The number of carbonyl (C=O) groups is 1. The maximum absolute atomic E-state index is 12.7. The van der Waals surface area contributed by atoms with Crippen LogP contribution in [0.25, 0.3) is 5.69 Å². The first-order valence-electron chi connectivity index (χ1n) is 9.89. The van der Waals surface area contributed by atoms with E-state index in [4.69, 9.17) is 0 Å². The van der Waals surface area contributed by atoms with Crippen LogP contribution in [0.2, 0.25) is 0 Å². The van der Waals surface area contributed by atoms with Gasteiger partial charge in [0, 0.05) is 23.7 Å². The smallest absolute Gasteiger partial charge is 0.224 e. The number of aromatic nitrogens is 2. The average molecular weight is 376 g/mol. The zero-order chi connectivity index (χ0) is 20.1. The van der Waals surface area contributed by atoms with Gasteiger partial charge in [0.25, 0.3) is 0 Å². The van der Waals surface area contributed by atoms with Gasteiger partial charge in [0.05, 0.1) is 17.8 Å². The zero-order valence-electron chi connectivity index (χ0n) is 17.1. The van der Waals surface area contributed by atoms with Gasteiger partial charge < -0.3 is 5.32 Å². The third-order valence-corrected chi connectivity index (χ3v) is 5.33. The van der Waals surface area contributed by atoms with Gasteiger partial charge in [0.2, 0.25) is 5.91 Å². The maximum Gasteiger partial charge on any atom is 0.224 e. The summed E-state index contributed by atoms with van der Waals surface area (Å²) in [6.45, 7) is 9.03. The first kappa shape index (κ1) is 19.9. The summed E-state index contributed by atoms with van der Waals surface area (Å²) in [7, 11) is 0. The second-order valence-corrected chi connectivity index (χ2v) is 7.64. The molecule has 0 radical (unpaired) electrons. The van der Waals surface area contributed by atoms with Crippen LogP contribution in [0.1, 0.15) is 42.3 Å². The van der Waals surface area contributed by atoms with Crippen molar-refractivity contribution in [3.8, 4) is 5.69 Å². The monoisotopic (exact) mass is 375 g/mol. The molecule has 1 amide bonds. The molecular formula is C24H29N3O. The summed E-state index contributed by atoms with van der Waals surface area (Å²) >= 11 is 0. The van der Waals surface area contributed by atoms with Crippen LogP contribution in [0.5, 0.6) is 0 Å². The van der Waals surface area contributed by atoms with Crippen LogP contribution >= 0.6 is 0 Å². The molecule has 1 heterocycles. The van der Waals surface area contributed by atoms with Gasteiger partial charge in [-0.15, -0.1) is 0 Å². The number of hydrogen-bond donors (Lipinski definition) is 1. The Balaban J connectivity index is 1.69. The Morgan fingerprint density at radius 3 is 2.21 bits per heavy atom. The fourth-order valence-corrected chi connectivity index (χ4v) is 3.64. The molecule has 3 aromatic rings. The van der Waals surface area contributed by atoms with Crippen molar-refractivity contribution in [3.63, 3.8) is 0 Å². The number of aryl methyl sites for hydroxylation is 1. The van der Waals surface area contributed by atoms with Crippen LogP contribution in [0, 0.1) is 19.8 Å². The van der Waals surface area contributed by atoms with E-state index in [1.54, 1.807) is 0 Å². The number of nitrogens with one attached hydrogen (secondary N) is 1. The van der Waals surface area contributed by atoms with Crippen molar-refractivity contribution >= 4 is 5.91 Å². The molecule has 4 heteroatoms. The number of para-hydroxylation sites is 1. The minimum absolute atomic E-state index is 0.0420. The predicted molar refractivity (Wildman–Crippen MR) is 114 cm³/mol. The van der Waals surface area contributed by atoms with Crippen LogP contribution in [-0.2, 0) is 11.2 Å². The van der Waals surface area contributed by atoms with Crippen molar-refractivity contribution in [1.29, 1.82) is 0 Å². The highest BCUT2D eigenvalue weighted by atomic mass is 16.1. The third kappa shape index (κ3) is 4.50. The van der Waals surface area contributed by atoms with E-state index in [1.807, 2.05) is 54.9 Å². The normalized spacial score (nSPS) is 12.2. The van der Waals surface area contributed by atoms with Crippen molar-refractivity contribution in [3.05, 3.63) is 83.2 Å². The number of amides is 1. The molecule has 4 nitrogen and oxygen atoms in total. The standard InChI is InChI=1S/C24H29N3O/c1-17(2)23(20-11-7-5-8-12-20)16-25-24(28)15-22-18(3)26-27(19(22)4)21-13-9-6-10-14-21/h5-14,17,23H,15-16H2,1-4H3,(H,25,28). The molecule has 0 spiro atoms. The lowest BCUT2D eigenvalue weighted by Crippen LogP contribution is -2.31. The van der Waals surface area contributed by atoms with Gasteiger partial charge in [-0.2, -0.15) is 5.10 Å². The van der Waals surface area contributed by atoms with E-state index >= 15 is 0 Å². The highest BCUT2D eigenvalue weighted by Gasteiger charge is 2.19. The van der Waals surface area contributed by atoms with E-state index in [0.29, 0.717) is 24.8 Å². The Labute approximate surface area is 167 Å². The molecule has 1 unspecified atom stereocenters. The van der Waals surface area contributed by atoms with Crippen LogP contribution in [0.3, 0.4) is 0 Å². The van der Waals surface area contributed by atoms with Gasteiger partial charge in [0.1, 0.15) is 0 Å². The summed E-state index contributed by atoms with van der Waals surface area (Å²) < 4.78 is 1.92. The molecule has 0 aliphatic heterocycles. The summed E-state index contributed by atoms with van der Waals surface area (Å²) in [5.74, 6) is 0.798. The van der Waals surface area contributed by atoms with Crippen molar-refractivity contribution in [2.75, 3.05) is 6.54 Å². The molecule has 0 saturated carbocycles. The predicted octanol–water partition coefficient (Wildman–Crippen LogP) is 4.59. The SMILES string of the molecule is Cc1nn(-c2ccccc2)c(C)c1CC(=O)NCC(c1ccccc1)C(C)C. The first-order chi connectivity index (χ1) is 13.5. The minimum atomic E-state index is 0.0420. The molecule has 28 heavy (non-hydrogen) atoms. The third-order valence-electron chi connectivity index (χ3n) is 5.33. The average Bonchev–Trinajstić information content (AvgIpc) is 2.97. The lowest BCUT2D eigenvalue weighted by molar-refractivity contribution is -0.120. The highest BCUT2D eigenvalue weighted by molar-refractivity contribution is 5.79. The Hall–Kier alpha value is -2.88. The quantitative estimate of drug-likeness (QED) is 0.657. The fraction of sp³-hybridized carbons (Fsp3) is 0.333. The molecule has 1 aromatic heterocycles. The van der Waals surface area contributed by atoms with E-state index in [1.165, 1.54) is 5.56 Å². The summed E-state index contributed by atoms with van der Waals surface area (Å²) in [5.41, 5.74) is 5.20. The molecule has 0 saturated heterocycles. The molecule has 0 bridgehead atoms. The van der Waals surface area contributed by atoms with Gasteiger partial charge >= 0.3 is 0 Å². The van der Waals surface area contributed by atoms with Crippen LogP contribution in [0.4, 0.5) is 0 Å². The molecule has 146 valence electrons. The number of benzene rings is 2. The van der Waals surface area contributed by atoms with Gasteiger partial charge in [-0.1, -0.05) is 62.4 Å². The molecule has 2 aromatic carbocycles. The molecule has 1 atom stereocenters. The summed E-state index contributed by atoms with van der Waals surface area (Å²) in [6, 6.07) is 20.4. The van der Waals surface area contributed by atoms with E-state index in [2.05, 4.69) is 48.5 Å². The van der Waals surface area contributed by atoms with E-state index in [9.17, 15) is 4.79 Å². The Morgan fingerprint density at radius 1 is 1.00 bits per heavy atom. The van der Waals surface area contributed by atoms with E-state index < -0.39 is 0 Å². The summed E-state index contributed by atoms with van der Waals surface area (Å²) in [5, 5.41) is 7.78. The Morgan fingerprint density at radius 2 is 1.61 bits per heavy atom. The van der Waals surface area contributed by atoms with Crippen molar-refractivity contribution < 1.29 is 4.79 Å². The van der Waals surface area contributed by atoms with Crippen LogP contribution < -0.4 is 5.32 Å². The van der Waals surface area contributed by atoms with Crippen molar-refractivity contribution in [2.24, 2.45) is 5.92 Å². The van der Waals surface area contributed by atoms with Crippen LogP contribution in [-0.4, -0.2) is 22.2 Å². The minimum Gasteiger partial charge on any atom is -0.355 e. The lowest BCUT2D eigenvalue weighted by Gasteiger charge is -2.22. The Kier molecular flexibility index (Phi) is 6.30. The lowest BCUT2D eigenvalue weighted by atomic mass is 9.88. The number of rotatable bonds is 7. The topological polar surface area (TPSA) is 46.9 Å². The highest BCUT2D eigenvalue weighted by Crippen LogP contribution is 2.23. The van der Waals surface area contributed by atoms with Gasteiger partial charge in [-0.25, -0.2) is 4.68 Å². The zero-order valence-corrected chi connectivity index (χ0v) is 17.1. The number of carbonyl (C=O) groups excluding carboxylic acids is 1. The molecule has 1 N–H and O–H groups in total. The molecular weight excluding hydrogens is 346 g/mol. The maximum atomic E-state index is 12.7. The van der Waals surface area contributed by atoms with Crippen molar-refractivity contribution in [1.82, 2.24) is 15.1 Å². The fourth-order valence-electron chi connectivity index (χ4n) is 3.64. The van der Waals surface area contributed by atoms with Gasteiger partial charge in [-0.05, 0) is 37.5 Å². The van der Waals surface area contributed by atoms with E-state index in [-0.39, 0.29) is 5.91 Å². The molecule has 0 aliphatic rings. The Bertz CT molecular complexity index is 914. The van der Waals surface area contributed by atoms with Gasteiger partial charge in [0.15, 0.2) is 0 Å². The molecule has 0 fully saturated rings. The largest absolute Gasteiger partial charge is 0.355 e. The van der Waals surface area contributed by atoms with Crippen molar-refractivity contribution in [2.45, 2.75) is 40.0 Å². The molecule has 0 aliphatic carbocycles. The number of hydrogen-bond acceptors (Lipinski definition) is 2. The number of nitrogens with zero attached hydrogens (tertiary/aromatic N) is 2. The summed E-state index contributed by atoms with van der Waals surface area (Å²) in [4.78, 5) is 12.7. The van der Waals surface area contributed by atoms with Gasteiger partial charge in [-0.3, -0.25) is 4.79 Å². The summed E-state index contributed by atoms with van der Waals surface area (Å²) in [6.07, 6.45) is 0.351. The molecule has 3 rings (SSSR count). The van der Waals surface area contributed by atoms with Crippen LogP contribution in [0.15, 0.2) is 60.7 Å². The first-order valence-corrected chi connectivity index (χ1v) is 9.89. The second kappa shape index (κ2) is 8.87. The second-order valence-electron chi connectivity index (χ2n) is 7.64.